The molecule has 0 spiro atoms. The summed E-state index contributed by atoms with van der Waals surface area (Å²) in [5, 5.41) is 3.07. The highest BCUT2D eigenvalue weighted by molar-refractivity contribution is 8.00. The quantitative estimate of drug-likeness (QED) is 0.640. The van der Waals surface area contributed by atoms with Gasteiger partial charge >= 0.3 is 0 Å². The Morgan fingerprint density at radius 2 is 1.83 bits per heavy atom. The first-order chi connectivity index (χ1) is 8.41. The van der Waals surface area contributed by atoms with Crippen molar-refractivity contribution in [3.8, 4) is 0 Å². The number of hydrogen-bond acceptors (Lipinski definition) is 4. The third kappa shape index (κ3) is 5.27. The van der Waals surface area contributed by atoms with Crippen molar-refractivity contribution in [2.75, 3.05) is 31.1 Å². The average molecular weight is 275 g/mol. The first-order valence-corrected chi connectivity index (χ1v) is 7.47. The number of nitrogens with zero attached hydrogens (tertiary/aromatic N) is 1. The molecule has 0 bridgehead atoms. The summed E-state index contributed by atoms with van der Waals surface area (Å²) in [6.45, 7) is 9.72. The molecule has 5 nitrogen and oxygen atoms in total. The number of amides is 2. The van der Waals surface area contributed by atoms with Crippen LogP contribution in [0, 0.1) is 0 Å². The smallest absolute Gasteiger partial charge is 0.238 e. The molecule has 3 N–H and O–H groups in total. The van der Waals surface area contributed by atoms with E-state index in [0.717, 1.165) is 13.1 Å². The van der Waals surface area contributed by atoms with E-state index in [0.29, 0.717) is 18.1 Å². The largest absolute Gasteiger partial charge is 0.368 e. The Kier molecular flexibility index (Phi) is 8.02. The maximum absolute atomic E-state index is 11.8. The van der Waals surface area contributed by atoms with Gasteiger partial charge in [0.2, 0.25) is 11.8 Å². The summed E-state index contributed by atoms with van der Waals surface area (Å²) in [7, 11) is 0. The Balaban J connectivity index is 4.23. The third-order valence-corrected chi connectivity index (χ3v) is 4.08. The molecule has 0 heterocycles. The number of primary amides is 1. The van der Waals surface area contributed by atoms with E-state index in [1.54, 1.807) is 11.8 Å². The van der Waals surface area contributed by atoms with Gasteiger partial charge in [0, 0.05) is 18.8 Å². The topological polar surface area (TPSA) is 75.4 Å². The van der Waals surface area contributed by atoms with Gasteiger partial charge < -0.3 is 16.0 Å². The molecule has 1 unspecified atom stereocenters. The van der Waals surface area contributed by atoms with Gasteiger partial charge in [0.1, 0.15) is 5.54 Å². The molecule has 0 aromatic heterocycles. The zero-order valence-electron chi connectivity index (χ0n) is 11.8. The van der Waals surface area contributed by atoms with Crippen LogP contribution >= 0.6 is 11.8 Å². The summed E-state index contributed by atoms with van der Waals surface area (Å²) < 4.78 is 0. The standard InChI is InChI=1S/C12H25N3O2S/c1-5-14-12(4,11(13)17)9-18-8-10(16)15(6-2)7-3/h14H,5-9H2,1-4H3,(H2,13,17). The van der Waals surface area contributed by atoms with Crippen LogP contribution in [0.15, 0.2) is 0 Å². The van der Waals surface area contributed by atoms with Crippen LogP contribution in [0.25, 0.3) is 0 Å². The molecule has 0 aromatic carbocycles. The molecule has 1 atom stereocenters. The Hall–Kier alpha value is -0.750. The van der Waals surface area contributed by atoms with E-state index < -0.39 is 5.54 Å². The van der Waals surface area contributed by atoms with Crippen molar-refractivity contribution in [2.24, 2.45) is 5.73 Å². The molecular weight excluding hydrogens is 250 g/mol. The van der Waals surface area contributed by atoms with Gasteiger partial charge in [-0.25, -0.2) is 0 Å². The number of likely N-dealkylation sites (N-methyl/N-ethyl adjacent to an activating group) is 1. The van der Waals surface area contributed by atoms with E-state index >= 15 is 0 Å². The van der Waals surface area contributed by atoms with Crippen molar-refractivity contribution in [3.63, 3.8) is 0 Å². The molecular formula is C12H25N3O2S. The summed E-state index contributed by atoms with van der Waals surface area (Å²) in [5.41, 5.74) is 4.63. The number of rotatable bonds is 9. The molecule has 0 aliphatic carbocycles. The van der Waals surface area contributed by atoms with Gasteiger partial charge in [0.15, 0.2) is 0 Å². The second-order valence-corrected chi connectivity index (χ2v) is 5.27. The van der Waals surface area contributed by atoms with Gasteiger partial charge in [-0.3, -0.25) is 9.59 Å². The SMILES string of the molecule is CCNC(C)(CSCC(=O)N(CC)CC)C(N)=O. The predicted octanol–water partition coefficient (Wildman–Crippen LogP) is 0.442. The molecule has 106 valence electrons. The van der Waals surface area contributed by atoms with Crippen molar-refractivity contribution in [1.82, 2.24) is 10.2 Å². The zero-order valence-corrected chi connectivity index (χ0v) is 12.6. The van der Waals surface area contributed by atoms with E-state index in [2.05, 4.69) is 5.32 Å². The summed E-state index contributed by atoms with van der Waals surface area (Å²) in [6.07, 6.45) is 0. The molecule has 0 aromatic rings. The van der Waals surface area contributed by atoms with E-state index in [4.69, 9.17) is 5.73 Å². The van der Waals surface area contributed by atoms with Crippen LogP contribution in [-0.2, 0) is 9.59 Å². The highest BCUT2D eigenvalue weighted by Crippen LogP contribution is 2.13. The van der Waals surface area contributed by atoms with Crippen molar-refractivity contribution >= 4 is 23.6 Å². The lowest BCUT2D eigenvalue weighted by atomic mass is 10.1. The van der Waals surface area contributed by atoms with E-state index in [1.165, 1.54) is 11.8 Å². The summed E-state index contributed by atoms with van der Waals surface area (Å²) in [5.74, 6) is 0.611. The Bertz CT molecular complexity index is 282. The molecule has 0 aliphatic rings. The van der Waals surface area contributed by atoms with Gasteiger partial charge in [-0.05, 0) is 27.3 Å². The lowest BCUT2D eigenvalue weighted by Crippen LogP contribution is -2.55. The fourth-order valence-electron chi connectivity index (χ4n) is 1.61. The average Bonchev–Trinajstić information content (AvgIpc) is 2.30. The molecule has 0 saturated carbocycles. The summed E-state index contributed by atoms with van der Waals surface area (Å²) in [4.78, 5) is 25.0. The number of hydrogen-bond donors (Lipinski definition) is 2. The van der Waals surface area contributed by atoms with Crippen molar-refractivity contribution in [3.05, 3.63) is 0 Å². The molecule has 6 heteroatoms. The monoisotopic (exact) mass is 275 g/mol. The van der Waals surface area contributed by atoms with Crippen LogP contribution in [0.5, 0.6) is 0 Å². The Morgan fingerprint density at radius 1 is 1.28 bits per heavy atom. The van der Waals surface area contributed by atoms with Crippen LogP contribution in [0.4, 0.5) is 0 Å². The van der Waals surface area contributed by atoms with Gasteiger partial charge in [-0.15, -0.1) is 11.8 Å². The molecule has 0 rings (SSSR count). The third-order valence-electron chi connectivity index (χ3n) is 2.84. The van der Waals surface area contributed by atoms with Gasteiger partial charge in [-0.2, -0.15) is 0 Å². The van der Waals surface area contributed by atoms with Crippen molar-refractivity contribution < 1.29 is 9.59 Å². The van der Waals surface area contributed by atoms with Crippen molar-refractivity contribution in [2.45, 2.75) is 33.2 Å². The lowest BCUT2D eigenvalue weighted by molar-refractivity contribution is -0.128. The minimum Gasteiger partial charge on any atom is -0.368 e. The van der Waals surface area contributed by atoms with Crippen LogP contribution < -0.4 is 11.1 Å². The summed E-state index contributed by atoms with van der Waals surface area (Å²) in [6, 6.07) is 0. The molecule has 2 amide bonds. The van der Waals surface area contributed by atoms with Crippen LogP contribution in [-0.4, -0.2) is 53.4 Å². The highest BCUT2D eigenvalue weighted by atomic mass is 32.2. The molecule has 18 heavy (non-hydrogen) atoms. The van der Waals surface area contributed by atoms with Gasteiger partial charge in [-0.1, -0.05) is 6.92 Å². The van der Waals surface area contributed by atoms with E-state index in [9.17, 15) is 9.59 Å². The Labute approximate surface area is 114 Å². The Morgan fingerprint density at radius 3 is 2.22 bits per heavy atom. The van der Waals surface area contributed by atoms with E-state index in [-0.39, 0.29) is 11.8 Å². The summed E-state index contributed by atoms with van der Waals surface area (Å²) >= 11 is 1.44. The number of nitrogens with two attached hydrogens (primary N) is 1. The number of thioether (sulfide) groups is 1. The zero-order chi connectivity index (χ0) is 14.2. The van der Waals surface area contributed by atoms with Gasteiger partial charge in [0.25, 0.3) is 0 Å². The first kappa shape index (κ1) is 17.2. The second-order valence-electron chi connectivity index (χ2n) is 4.29. The van der Waals surface area contributed by atoms with Crippen LogP contribution in [0.1, 0.15) is 27.7 Å². The maximum Gasteiger partial charge on any atom is 0.238 e. The minimum atomic E-state index is -0.747. The minimum absolute atomic E-state index is 0.105. The molecule has 0 aliphatic heterocycles. The van der Waals surface area contributed by atoms with Gasteiger partial charge in [0.05, 0.1) is 5.75 Å². The number of carbonyl (C=O) groups excluding carboxylic acids is 2. The predicted molar refractivity (Wildman–Crippen MR) is 76.5 cm³/mol. The fourth-order valence-corrected chi connectivity index (χ4v) is 2.72. The number of nitrogens with one attached hydrogen (secondary N) is 1. The van der Waals surface area contributed by atoms with Crippen LogP contribution in [0.3, 0.4) is 0 Å². The molecule has 0 saturated heterocycles. The normalized spacial score (nSPS) is 14.0. The van der Waals surface area contributed by atoms with Crippen molar-refractivity contribution in [1.29, 1.82) is 0 Å². The second kappa shape index (κ2) is 8.37. The maximum atomic E-state index is 11.8. The van der Waals surface area contributed by atoms with E-state index in [1.807, 2.05) is 20.8 Å². The van der Waals surface area contributed by atoms with Crippen LogP contribution in [0.2, 0.25) is 0 Å². The molecule has 0 fully saturated rings. The fraction of sp³-hybridized carbons (Fsp3) is 0.833. The molecule has 0 radical (unpaired) electrons. The highest BCUT2D eigenvalue weighted by Gasteiger charge is 2.30. The number of carbonyl (C=O) groups is 2. The lowest BCUT2D eigenvalue weighted by Gasteiger charge is -2.27. The first-order valence-electron chi connectivity index (χ1n) is 6.31.